The van der Waals surface area contributed by atoms with E-state index in [1.807, 2.05) is 12.4 Å². The lowest BCUT2D eigenvalue weighted by Gasteiger charge is -2.15. The van der Waals surface area contributed by atoms with Crippen molar-refractivity contribution in [2.24, 2.45) is 5.41 Å². The number of rotatable bonds is 5. The predicted octanol–water partition coefficient (Wildman–Crippen LogP) is 2.78. The molecule has 1 aromatic heterocycles. The first-order chi connectivity index (χ1) is 7.24. The van der Waals surface area contributed by atoms with E-state index < -0.39 is 0 Å². The molecule has 1 saturated carbocycles. The Bertz CT molecular complexity index is 334. The van der Waals surface area contributed by atoms with E-state index in [9.17, 15) is 0 Å². The van der Waals surface area contributed by atoms with Gasteiger partial charge in [0, 0.05) is 23.4 Å². The molecular weight excluding hydrogens is 252 g/mol. The highest BCUT2D eigenvalue weighted by Crippen LogP contribution is 2.47. The van der Waals surface area contributed by atoms with E-state index in [1.165, 1.54) is 18.4 Å². The van der Waals surface area contributed by atoms with Crippen molar-refractivity contribution in [3.63, 3.8) is 0 Å². The van der Waals surface area contributed by atoms with Crippen molar-refractivity contribution in [2.75, 3.05) is 13.1 Å². The average molecular weight is 269 g/mol. The number of hydrogen-bond acceptors (Lipinski definition) is 2. The largest absolute Gasteiger partial charge is 0.316 e. The molecule has 3 heteroatoms. The minimum absolute atomic E-state index is 0.526. The average Bonchev–Trinajstić information content (AvgIpc) is 2.96. The topological polar surface area (TPSA) is 24.9 Å². The highest BCUT2D eigenvalue weighted by molar-refractivity contribution is 9.10. The Morgan fingerprint density at radius 1 is 1.47 bits per heavy atom. The number of halogens is 1. The summed E-state index contributed by atoms with van der Waals surface area (Å²) < 4.78 is 1.08. The van der Waals surface area contributed by atoms with E-state index in [4.69, 9.17) is 0 Å². The first-order valence-electron chi connectivity index (χ1n) is 5.54. The van der Waals surface area contributed by atoms with Crippen LogP contribution < -0.4 is 5.32 Å². The Balaban J connectivity index is 1.96. The molecule has 0 atom stereocenters. The van der Waals surface area contributed by atoms with Crippen LogP contribution in [0.2, 0.25) is 0 Å². The number of hydrogen-bond donors (Lipinski definition) is 1. The van der Waals surface area contributed by atoms with E-state index in [0.717, 1.165) is 24.0 Å². The molecule has 0 saturated heterocycles. The molecule has 0 spiro atoms. The Kier molecular flexibility index (Phi) is 3.42. The summed E-state index contributed by atoms with van der Waals surface area (Å²) in [6.07, 6.45) is 7.69. The zero-order chi connectivity index (χ0) is 10.7. The first kappa shape index (κ1) is 11.1. The monoisotopic (exact) mass is 268 g/mol. The van der Waals surface area contributed by atoms with Crippen molar-refractivity contribution in [1.29, 1.82) is 0 Å². The highest BCUT2D eigenvalue weighted by atomic mass is 79.9. The summed E-state index contributed by atoms with van der Waals surface area (Å²) in [6, 6.07) is 2.18. The minimum Gasteiger partial charge on any atom is -0.316 e. The van der Waals surface area contributed by atoms with Crippen LogP contribution in [0.15, 0.2) is 22.9 Å². The van der Waals surface area contributed by atoms with Gasteiger partial charge in [-0.05, 0) is 58.8 Å². The van der Waals surface area contributed by atoms with Gasteiger partial charge in [-0.2, -0.15) is 0 Å². The summed E-state index contributed by atoms with van der Waals surface area (Å²) in [6.45, 7) is 4.38. The maximum absolute atomic E-state index is 4.21. The van der Waals surface area contributed by atoms with Crippen molar-refractivity contribution >= 4 is 15.9 Å². The van der Waals surface area contributed by atoms with E-state index in [2.05, 4.69) is 39.2 Å². The molecule has 0 unspecified atom stereocenters. The van der Waals surface area contributed by atoms with Crippen LogP contribution in [0.25, 0.3) is 0 Å². The van der Waals surface area contributed by atoms with E-state index in [0.29, 0.717) is 5.41 Å². The van der Waals surface area contributed by atoms with E-state index in [-0.39, 0.29) is 0 Å². The van der Waals surface area contributed by atoms with Gasteiger partial charge in [0.2, 0.25) is 0 Å². The van der Waals surface area contributed by atoms with Gasteiger partial charge in [-0.3, -0.25) is 4.98 Å². The van der Waals surface area contributed by atoms with Crippen LogP contribution in [-0.4, -0.2) is 18.1 Å². The van der Waals surface area contributed by atoms with Crippen LogP contribution >= 0.6 is 15.9 Å². The molecule has 15 heavy (non-hydrogen) atoms. The quantitative estimate of drug-likeness (QED) is 0.889. The standard InChI is InChI=1S/C12H17BrN2/c1-2-14-9-12(3-4-12)6-10-5-11(13)8-15-7-10/h5,7-8,14H,2-4,6,9H2,1H3. The maximum Gasteiger partial charge on any atom is 0.0410 e. The van der Waals surface area contributed by atoms with Crippen molar-refractivity contribution < 1.29 is 0 Å². The van der Waals surface area contributed by atoms with Gasteiger partial charge >= 0.3 is 0 Å². The van der Waals surface area contributed by atoms with Gasteiger partial charge in [-0.1, -0.05) is 6.92 Å². The molecule has 1 aliphatic rings. The van der Waals surface area contributed by atoms with Crippen LogP contribution in [-0.2, 0) is 6.42 Å². The molecule has 0 amide bonds. The van der Waals surface area contributed by atoms with Gasteiger partial charge < -0.3 is 5.32 Å². The number of aromatic nitrogens is 1. The zero-order valence-electron chi connectivity index (χ0n) is 9.09. The van der Waals surface area contributed by atoms with Crippen LogP contribution in [0.5, 0.6) is 0 Å². The SMILES string of the molecule is CCNCC1(Cc2cncc(Br)c2)CC1. The van der Waals surface area contributed by atoms with Gasteiger partial charge in [-0.15, -0.1) is 0 Å². The Labute approximate surface area is 99.6 Å². The van der Waals surface area contributed by atoms with Crippen LogP contribution in [0.3, 0.4) is 0 Å². The Morgan fingerprint density at radius 3 is 2.87 bits per heavy atom. The molecule has 1 aromatic rings. The number of pyridine rings is 1. The molecule has 2 nitrogen and oxygen atoms in total. The summed E-state index contributed by atoms with van der Waals surface area (Å²) in [5.41, 5.74) is 1.87. The minimum atomic E-state index is 0.526. The normalized spacial score (nSPS) is 17.7. The third-order valence-electron chi connectivity index (χ3n) is 3.05. The fourth-order valence-corrected chi connectivity index (χ4v) is 2.38. The Hall–Kier alpha value is -0.410. The highest BCUT2D eigenvalue weighted by Gasteiger charge is 2.41. The van der Waals surface area contributed by atoms with Crippen LogP contribution in [0.4, 0.5) is 0 Å². The van der Waals surface area contributed by atoms with Gasteiger partial charge in [0.25, 0.3) is 0 Å². The second-order valence-corrected chi connectivity index (χ2v) is 5.38. The molecule has 82 valence electrons. The summed E-state index contributed by atoms with van der Waals surface area (Å²) in [5, 5.41) is 3.45. The lowest BCUT2D eigenvalue weighted by molar-refractivity contribution is 0.462. The van der Waals surface area contributed by atoms with Crippen LogP contribution in [0.1, 0.15) is 25.3 Å². The summed E-state index contributed by atoms with van der Waals surface area (Å²) in [7, 11) is 0. The zero-order valence-corrected chi connectivity index (χ0v) is 10.7. The Morgan fingerprint density at radius 2 is 2.27 bits per heavy atom. The van der Waals surface area contributed by atoms with Crippen molar-refractivity contribution in [3.8, 4) is 0 Å². The summed E-state index contributed by atoms with van der Waals surface area (Å²) in [4.78, 5) is 4.21. The fourth-order valence-electron chi connectivity index (χ4n) is 1.97. The van der Waals surface area contributed by atoms with Crippen LogP contribution in [0, 0.1) is 5.41 Å². The predicted molar refractivity (Wildman–Crippen MR) is 65.9 cm³/mol. The summed E-state index contributed by atoms with van der Waals surface area (Å²) in [5.74, 6) is 0. The molecule has 2 rings (SSSR count). The number of nitrogens with one attached hydrogen (secondary N) is 1. The van der Waals surface area contributed by atoms with E-state index >= 15 is 0 Å². The van der Waals surface area contributed by atoms with Gasteiger partial charge in [0.05, 0.1) is 0 Å². The lowest BCUT2D eigenvalue weighted by atomic mass is 9.97. The maximum atomic E-state index is 4.21. The smallest absolute Gasteiger partial charge is 0.0410 e. The molecule has 0 radical (unpaired) electrons. The second-order valence-electron chi connectivity index (χ2n) is 4.47. The van der Waals surface area contributed by atoms with E-state index in [1.54, 1.807) is 0 Å². The molecule has 1 heterocycles. The molecule has 0 bridgehead atoms. The molecule has 0 aliphatic heterocycles. The lowest BCUT2D eigenvalue weighted by Crippen LogP contribution is -2.25. The second kappa shape index (κ2) is 4.62. The fraction of sp³-hybridized carbons (Fsp3) is 0.583. The summed E-state index contributed by atoms with van der Waals surface area (Å²) >= 11 is 3.46. The first-order valence-corrected chi connectivity index (χ1v) is 6.34. The van der Waals surface area contributed by atoms with Gasteiger partial charge in [0.1, 0.15) is 0 Å². The molecule has 1 N–H and O–H groups in total. The molecule has 0 aromatic carbocycles. The third kappa shape index (κ3) is 3.02. The van der Waals surface area contributed by atoms with Gasteiger partial charge in [-0.25, -0.2) is 0 Å². The van der Waals surface area contributed by atoms with Crippen molar-refractivity contribution in [3.05, 3.63) is 28.5 Å². The van der Waals surface area contributed by atoms with Gasteiger partial charge in [0.15, 0.2) is 0 Å². The third-order valence-corrected chi connectivity index (χ3v) is 3.48. The number of nitrogens with zero attached hydrogens (tertiary/aromatic N) is 1. The molecule has 1 aliphatic carbocycles. The molecular formula is C12H17BrN2. The molecule has 1 fully saturated rings. The van der Waals surface area contributed by atoms with Crippen molar-refractivity contribution in [2.45, 2.75) is 26.2 Å². The van der Waals surface area contributed by atoms with Crippen molar-refractivity contribution in [1.82, 2.24) is 10.3 Å².